The average molecular weight is 409 g/mol. The summed E-state index contributed by atoms with van der Waals surface area (Å²) >= 11 is 0. The van der Waals surface area contributed by atoms with Crippen molar-refractivity contribution in [2.45, 2.75) is 13.5 Å². The molecule has 0 aliphatic heterocycles. The Kier molecular flexibility index (Phi) is 6.48. The number of benzene rings is 1. The Labute approximate surface area is 171 Å². The molecule has 0 spiro atoms. The number of carbonyl (C=O) groups excluding carboxylic acids is 3. The molecule has 0 radical (unpaired) electrons. The van der Waals surface area contributed by atoms with Gasteiger partial charge in [-0.15, -0.1) is 10.2 Å². The molecule has 0 fully saturated rings. The highest BCUT2D eigenvalue weighted by molar-refractivity contribution is 5.97. The number of aromatic hydroxyl groups is 1. The van der Waals surface area contributed by atoms with E-state index in [1.807, 2.05) is 0 Å². The van der Waals surface area contributed by atoms with E-state index in [0.29, 0.717) is 10.9 Å². The molecular formula is C20H19N5O5. The highest BCUT2D eigenvalue weighted by Crippen LogP contribution is 2.38. The number of nitrogens with zero attached hydrogens (tertiary/aromatic N) is 4. The number of hydrogen-bond acceptors (Lipinski definition) is 7. The predicted molar refractivity (Wildman–Crippen MR) is 106 cm³/mol. The standard InChI is InChI=1S/C20H19N5O5/c1-2-30-17(27)12-25-15-9-4-3-7-13(15)18(20(25)29)24-23-16(26)11-22-19(28)14-8-5-6-10-21-14/h3-10,29H,2,11-12H2,1H3,(H,22,28). The summed E-state index contributed by atoms with van der Waals surface area (Å²) in [7, 11) is 0. The van der Waals surface area contributed by atoms with Crippen LogP contribution in [0.4, 0.5) is 5.69 Å². The number of azo groups is 1. The predicted octanol–water partition coefficient (Wildman–Crippen LogP) is 2.35. The zero-order chi connectivity index (χ0) is 21.5. The van der Waals surface area contributed by atoms with Crippen LogP contribution < -0.4 is 5.32 Å². The molecular weight excluding hydrogens is 390 g/mol. The summed E-state index contributed by atoms with van der Waals surface area (Å²) in [6.07, 6.45) is 1.46. The van der Waals surface area contributed by atoms with Gasteiger partial charge in [0.15, 0.2) is 5.69 Å². The van der Waals surface area contributed by atoms with Crippen molar-refractivity contribution in [1.82, 2.24) is 14.9 Å². The zero-order valence-electron chi connectivity index (χ0n) is 16.1. The molecule has 0 aliphatic carbocycles. The first kappa shape index (κ1) is 20.6. The highest BCUT2D eigenvalue weighted by atomic mass is 16.5. The van der Waals surface area contributed by atoms with E-state index < -0.39 is 17.8 Å². The number of fused-ring (bicyclic) bond motifs is 1. The summed E-state index contributed by atoms with van der Waals surface area (Å²) < 4.78 is 6.25. The number of ether oxygens (including phenoxy) is 1. The molecule has 2 heterocycles. The van der Waals surface area contributed by atoms with E-state index in [9.17, 15) is 19.5 Å². The van der Waals surface area contributed by atoms with Crippen LogP contribution in [0.5, 0.6) is 5.88 Å². The molecule has 154 valence electrons. The van der Waals surface area contributed by atoms with Gasteiger partial charge < -0.3 is 15.2 Å². The molecule has 3 rings (SSSR count). The lowest BCUT2D eigenvalue weighted by Gasteiger charge is -2.06. The molecule has 0 saturated carbocycles. The molecule has 10 heteroatoms. The van der Waals surface area contributed by atoms with E-state index in [2.05, 4.69) is 20.5 Å². The Balaban J connectivity index is 1.75. The minimum absolute atomic E-state index is 0.0410. The summed E-state index contributed by atoms with van der Waals surface area (Å²) in [6, 6.07) is 11.7. The van der Waals surface area contributed by atoms with E-state index in [1.165, 1.54) is 16.8 Å². The topological polar surface area (TPSA) is 135 Å². The van der Waals surface area contributed by atoms with Crippen LogP contribution in [0.15, 0.2) is 58.9 Å². The number of para-hydroxylation sites is 1. The molecule has 0 aliphatic rings. The van der Waals surface area contributed by atoms with Gasteiger partial charge in [-0.1, -0.05) is 24.3 Å². The number of rotatable bonds is 7. The number of hydrogen-bond donors (Lipinski definition) is 2. The van der Waals surface area contributed by atoms with E-state index >= 15 is 0 Å². The second-order valence-electron chi connectivity index (χ2n) is 6.07. The van der Waals surface area contributed by atoms with Gasteiger partial charge in [0.05, 0.1) is 12.1 Å². The number of aromatic nitrogens is 2. The van der Waals surface area contributed by atoms with Crippen LogP contribution in [0.1, 0.15) is 17.4 Å². The van der Waals surface area contributed by atoms with Crippen LogP contribution in [0.3, 0.4) is 0 Å². The maximum atomic E-state index is 12.0. The van der Waals surface area contributed by atoms with Crippen molar-refractivity contribution in [3.63, 3.8) is 0 Å². The van der Waals surface area contributed by atoms with E-state index in [-0.39, 0.29) is 37.0 Å². The molecule has 3 aromatic rings. The van der Waals surface area contributed by atoms with Crippen LogP contribution in [0.2, 0.25) is 0 Å². The van der Waals surface area contributed by atoms with Crippen molar-refractivity contribution in [3.8, 4) is 5.88 Å². The van der Waals surface area contributed by atoms with Gasteiger partial charge in [-0.25, -0.2) is 0 Å². The summed E-state index contributed by atoms with van der Waals surface area (Å²) in [6.45, 7) is 1.29. The number of carbonyl (C=O) groups is 3. The highest BCUT2D eigenvalue weighted by Gasteiger charge is 2.19. The fourth-order valence-electron chi connectivity index (χ4n) is 2.75. The average Bonchev–Trinajstić information content (AvgIpc) is 3.02. The molecule has 0 unspecified atom stereocenters. The second-order valence-corrected chi connectivity index (χ2v) is 6.07. The van der Waals surface area contributed by atoms with Crippen LogP contribution in [0.25, 0.3) is 10.9 Å². The molecule has 30 heavy (non-hydrogen) atoms. The van der Waals surface area contributed by atoms with Crippen molar-refractivity contribution in [1.29, 1.82) is 0 Å². The largest absolute Gasteiger partial charge is 0.493 e. The Morgan fingerprint density at radius 2 is 1.93 bits per heavy atom. The fraction of sp³-hybridized carbons (Fsp3) is 0.200. The van der Waals surface area contributed by atoms with Crippen LogP contribution in [0, 0.1) is 0 Å². The third-order valence-corrected chi connectivity index (χ3v) is 4.07. The zero-order valence-corrected chi connectivity index (χ0v) is 16.1. The number of esters is 1. The Bertz CT molecular complexity index is 1110. The third-order valence-electron chi connectivity index (χ3n) is 4.07. The van der Waals surface area contributed by atoms with Crippen LogP contribution in [-0.2, 0) is 20.9 Å². The van der Waals surface area contributed by atoms with E-state index in [0.717, 1.165) is 0 Å². The van der Waals surface area contributed by atoms with Crippen molar-refractivity contribution in [2.24, 2.45) is 10.2 Å². The van der Waals surface area contributed by atoms with Gasteiger partial charge >= 0.3 is 5.97 Å². The van der Waals surface area contributed by atoms with E-state index in [4.69, 9.17) is 4.74 Å². The first-order chi connectivity index (χ1) is 14.5. The summed E-state index contributed by atoms with van der Waals surface area (Å²) in [5.74, 6) is -2.09. The van der Waals surface area contributed by atoms with Gasteiger partial charge in [-0.05, 0) is 25.1 Å². The number of nitrogens with one attached hydrogen (secondary N) is 1. The molecule has 0 atom stereocenters. The molecule has 0 saturated heterocycles. The summed E-state index contributed by atoms with van der Waals surface area (Å²) in [5, 5.41) is 20.8. The van der Waals surface area contributed by atoms with Gasteiger partial charge in [0.25, 0.3) is 11.8 Å². The Morgan fingerprint density at radius 3 is 2.67 bits per heavy atom. The smallest absolute Gasteiger partial charge is 0.326 e. The fourth-order valence-corrected chi connectivity index (χ4v) is 2.75. The molecule has 1 aromatic carbocycles. The quantitative estimate of drug-likeness (QED) is 0.454. The van der Waals surface area contributed by atoms with E-state index in [1.54, 1.807) is 43.3 Å². The monoisotopic (exact) mass is 409 g/mol. The van der Waals surface area contributed by atoms with Crippen LogP contribution in [-0.4, -0.2) is 45.6 Å². The first-order valence-corrected chi connectivity index (χ1v) is 9.11. The van der Waals surface area contributed by atoms with Crippen molar-refractivity contribution in [3.05, 3.63) is 54.4 Å². The Hall–Kier alpha value is -4.08. The van der Waals surface area contributed by atoms with Crippen LogP contribution >= 0.6 is 0 Å². The first-order valence-electron chi connectivity index (χ1n) is 9.11. The molecule has 2 aromatic heterocycles. The van der Waals surface area contributed by atoms with Crippen molar-refractivity contribution >= 4 is 34.4 Å². The SMILES string of the molecule is CCOC(=O)Cn1c(O)c(N=NC(=O)CNC(=O)c2ccccn2)c2ccccc21. The van der Waals surface area contributed by atoms with Gasteiger partial charge in [-0.2, -0.15) is 0 Å². The lowest BCUT2D eigenvalue weighted by molar-refractivity contribution is -0.143. The summed E-state index contributed by atoms with van der Waals surface area (Å²) in [5.41, 5.74) is 0.745. The lowest BCUT2D eigenvalue weighted by Crippen LogP contribution is -2.29. The van der Waals surface area contributed by atoms with Gasteiger partial charge in [0, 0.05) is 11.6 Å². The minimum Gasteiger partial charge on any atom is -0.493 e. The maximum Gasteiger partial charge on any atom is 0.326 e. The van der Waals surface area contributed by atoms with Crippen molar-refractivity contribution in [2.75, 3.05) is 13.2 Å². The number of pyridine rings is 1. The maximum absolute atomic E-state index is 12.0. The minimum atomic E-state index is -0.721. The number of amides is 2. The van der Waals surface area contributed by atoms with Gasteiger partial charge in [-0.3, -0.25) is 23.9 Å². The Morgan fingerprint density at radius 1 is 1.17 bits per heavy atom. The van der Waals surface area contributed by atoms with Gasteiger partial charge in [0.2, 0.25) is 5.88 Å². The summed E-state index contributed by atoms with van der Waals surface area (Å²) in [4.78, 5) is 39.7. The second kappa shape index (κ2) is 9.41. The molecule has 2 amide bonds. The molecule has 2 N–H and O–H groups in total. The van der Waals surface area contributed by atoms with Gasteiger partial charge in [0.1, 0.15) is 18.8 Å². The third kappa shape index (κ3) is 4.66. The normalized spacial score (nSPS) is 11.0. The van der Waals surface area contributed by atoms with Crippen molar-refractivity contribution < 1.29 is 24.2 Å². The molecule has 10 nitrogen and oxygen atoms in total. The molecule has 0 bridgehead atoms. The lowest BCUT2D eigenvalue weighted by atomic mass is 10.2.